The monoisotopic (exact) mass is 309 g/mol. The molecule has 1 aromatic rings. The number of hydrogen-bond acceptors (Lipinski definition) is 6. The number of aryl methyl sites for hydroxylation is 1. The summed E-state index contributed by atoms with van der Waals surface area (Å²) in [6.45, 7) is 12.1. The Balaban J connectivity index is 1.77. The van der Waals surface area contributed by atoms with Crippen molar-refractivity contribution in [3.63, 3.8) is 0 Å². The summed E-state index contributed by atoms with van der Waals surface area (Å²) in [5, 5.41) is 6.86. The summed E-state index contributed by atoms with van der Waals surface area (Å²) in [6, 6.07) is 0.367. The molecule has 2 heterocycles. The Kier molecular flexibility index (Phi) is 5.90. The third kappa shape index (κ3) is 4.51. The fourth-order valence-electron chi connectivity index (χ4n) is 2.57. The van der Waals surface area contributed by atoms with Gasteiger partial charge in [0.05, 0.1) is 12.6 Å². The summed E-state index contributed by atoms with van der Waals surface area (Å²) >= 11 is 0. The Bertz CT molecular complexity index is 482. The molecule has 124 valence electrons. The molecule has 1 aliphatic rings. The van der Waals surface area contributed by atoms with E-state index in [0.29, 0.717) is 18.3 Å². The first-order chi connectivity index (χ1) is 10.5. The summed E-state index contributed by atoms with van der Waals surface area (Å²) in [5.41, 5.74) is 0. The van der Waals surface area contributed by atoms with Gasteiger partial charge in [-0.15, -0.1) is 0 Å². The summed E-state index contributed by atoms with van der Waals surface area (Å²) < 4.78 is 5.25. The van der Waals surface area contributed by atoms with Gasteiger partial charge in [0.25, 0.3) is 0 Å². The molecule has 0 bridgehead atoms. The number of rotatable bonds is 6. The first kappa shape index (κ1) is 16.9. The van der Waals surface area contributed by atoms with Gasteiger partial charge < -0.3 is 9.84 Å². The van der Waals surface area contributed by atoms with Crippen LogP contribution in [0.25, 0.3) is 0 Å². The number of nitrogens with one attached hydrogen (secondary N) is 1. The second kappa shape index (κ2) is 7.69. The molecule has 7 nitrogen and oxygen atoms in total. The highest BCUT2D eigenvalue weighted by atomic mass is 16.5. The van der Waals surface area contributed by atoms with Gasteiger partial charge in [0, 0.05) is 32.2 Å². The average Bonchev–Trinajstić information content (AvgIpc) is 2.93. The van der Waals surface area contributed by atoms with E-state index in [1.807, 2.05) is 13.8 Å². The van der Waals surface area contributed by atoms with E-state index in [1.54, 1.807) is 0 Å². The predicted molar refractivity (Wildman–Crippen MR) is 83.4 cm³/mol. The molecule has 0 radical (unpaired) electrons. The van der Waals surface area contributed by atoms with Crippen molar-refractivity contribution in [3.8, 4) is 0 Å². The molecule has 1 aromatic heterocycles. The fourth-order valence-corrected chi connectivity index (χ4v) is 2.57. The van der Waals surface area contributed by atoms with Crippen LogP contribution in [-0.2, 0) is 4.79 Å². The zero-order valence-electron chi connectivity index (χ0n) is 14.0. The first-order valence-corrected chi connectivity index (χ1v) is 8.05. The molecule has 1 fully saturated rings. The van der Waals surface area contributed by atoms with Crippen LogP contribution in [0.5, 0.6) is 0 Å². The van der Waals surface area contributed by atoms with E-state index in [0.717, 1.165) is 32.6 Å². The van der Waals surface area contributed by atoms with Gasteiger partial charge in [0.2, 0.25) is 11.8 Å². The highest BCUT2D eigenvalue weighted by molar-refractivity contribution is 5.78. The Hall–Kier alpha value is -1.47. The van der Waals surface area contributed by atoms with Gasteiger partial charge in [-0.05, 0) is 27.2 Å². The van der Waals surface area contributed by atoms with Crippen molar-refractivity contribution < 1.29 is 9.32 Å². The molecule has 1 amide bonds. The zero-order chi connectivity index (χ0) is 16.1. The molecule has 0 saturated carbocycles. The number of carbonyl (C=O) groups is 1. The van der Waals surface area contributed by atoms with Gasteiger partial charge in [-0.1, -0.05) is 12.1 Å². The molecule has 0 aromatic carbocycles. The van der Waals surface area contributed by atoms with Gasteiger partial charge in [0.15, 0.2) is 5.82 Å². The normalized spacial score (nSPS) is 19.8. The summed E-state index contributed by atoms with van der Waals surface area (Å²) in [4.78, 5) is 20.7. The molecule has 1 saturated heterocycles. The molecule has 0 unspecified atom stereocenters. The lowest BCUT2D eigenvalue weighted by Crippen LogP contribution is -2.50. The Morgan fingerprint density at radius 1 is 1.32 bits per heavy atom. The van der Waals surface area contributed by atoms with Gasteiger partial charge >= 0.3 is 0 Å². The Morgan fingerprint density at radius 3 is 2.55 bits per heavy atom. The summed E-state index contributed by atoms with van der Waals surface area (Å²) in [6.07, 6.45) is 0.959. The van der Waals surface area contributed by atoms with Gasteiger partial charge in [-0.25, -0.2) is 0 Å². The highest BCUT2D eigenvalue weighted by Crippen LogP contribution is 2.19. The van der Waals surface area contributed by atoms with E-state index < -0.39 is 0 Å². The van der Waals surface area contributed by atoms with E-state index in [1.165, 1.54) is 0 Å². The van der Waals surface area contributed by atoms with Crippen LogP contribution >= 0.6 is 0 Å². The van der Waals surface area contributed by atoms with E-state index in [2.05, 4.69) is 39.1 Å². The van der Waals surface area contributed by atoms with Crippen LogP contribution in [0.3, 0.4) is 0 Å². The molecule has 0 spiro atoms. The lowest BCUT2D eigenvalue weighted by Gasteiger charge is -2.36. The fraction of sp³-hybridized carbons (Fsp3) is 0.800. The smallest absolute Gasteiger partial charge is 0.243 e. The molecule has 7 heteroatoms. The predicted octanol–water partition coefficient (Wildman–Crippen LogP) is 0.971. The van der Waals surface area contributed by atoms with E-state index in [9.17, 15) is 4.79 Å². The van der Waals surface area contributed by atoms with Crippen LogP contribution in [0, 0.1) is 6.92 Å². The van der Waals surface area contributed by atoms with Crippen LogP contribution < -0.4 is 5.32 Å². The van der Waals surface area contributed by atoms with E-state index in [4.69, 9.17) is 4.52 Å². The number of nitrogens with zero attached hydrogens (tertiary/aromatic N) is 4. The minimum absolute atomic E-state index is 0.114. The van der Waals surface area contributed by atoms with Crippen molar-refractivity contribution in [2.24, 2.45) is 0 Å². The Labute approximate surface area is 132 Å². The molecule has 1 N–H and O–H groups in total. The summed E-state index contributed by atoms with van der Waals surface area (Å²) in [5.74, 6) is 1.45. The van der Waals surface area contributed by atoms with Crippen LogP contribution in [-0.4, -0.2) is 64.6 Å². The van der Waals surface area contributed by atoms with Crippen molar-refractivity contribution in [1.82, 2.24) is 25.3 Å². The van der Waals surface area contributed by atoms with Crippen molar-refractivity contribution in [2.75, 3.05) is 32.7 Å². The van der Waals surface area contributed by atoms with Crippen molar-refractivity contribution in [3.05, 3.63) is 11.7 Å². The number of piperazine rings is 1. The lowest BCUT2D eigenvalue weighted by molar-refractivity contribution is -0.123. The van der Waals surface area contributed by atoms with Crippen molar-refractivity contribution in [2.45, 2.75) is 46.2 Å². The van der Waals surface area contributed by atoms with Crippen LogP contribution in [0.2, 0.25) is 0 Å². The van der Waals surface area contributed by atoms with Gasteiger partial charge in [-0.3, -0.25) is 14.6 Å². The SMILES string of the molecule is CC[C@@H](C)NC(=O)CN1CCN([C@@H](C)c2nc(C)no2)CC1. The second-order valence-corrected chi connectivity index (χ2v) is 6.04. The average molecular weight is 309 g/mol. The number of aromatic nitrogens is 2. The quantitative estimate of drug-likeness (QED) is 0.844. The standard InChI is InChI=1S/C15H27N5O2/c1-5-11(2)16-14(21)10-19-6-8-20(9-7-19)12(3)15-17-13(4)18-22-15/h11-12H,5-10H2,1-4H3,(H,16,21)/t11-,12+/m1/s1. The van der Waals surface area contributed by atoms with Crippen molar-refractivity contribution in [1.29, 1.82) is 0 Å². The third-order valence-electron chi connectivity index (χ3n) is 4.24. The molecular formula is C15H27N5O2. The minimum atomic E-state index is 0.114. The number of carbonyl (C=O) groups excluding carboxylic acids is 1. The highest BCUT2D eigenvalue weighted by Gasteiger charge is 2.26. The van der Waals surface area contributed by atoms with Gasteiger partial charge in [0.1, 0.15) is 0 Å². The van der Waals surface area contributed by atoms with Crippen LogP contribution in [0.4, 0.5) is 0 Å². The molecule has 2 rings (SSSR count). The maximum atomic E-state index is 11.9. The maximum Gasteiger partial charge on any atom is 0.243 e. The lowest BCUT2D eigenvalue weighted by atomic mass is 10.2. The number of amides is 1. The zero-order valence-corrected chi connectivity index (χ0v) is 14.0. The van der Waals surface area contributed by atoms with E-state index in [-0.39, 0.29) is 18.0 Å². The molecular weight excluding hydrogens is 282 g/mol. The summed E-state index contributed by atoms with van der Waals surface area (Å²) in [7, 11) is 0. The first-order valence-electron chi connectivity index (χ1n) is 8.05. The molecule has 22 heavy (non-hydrogen) atoms. The van der Waals surface area contributed by atoms with Gasteiger partial charge in [-0.2, -0.15) is 4.98 Å². The molecule has 1 aliphatic heterocycles. The van der Waals surface area contributed by atoms with Crippen molar-refractivity contribution >= 4 is 5.91 Å². The molecule has 2 atom stereocenters. The second-order valence-electron chi connectivity index (χ2n) is 6.04. The van der Waals surface area contributed by atoms with Crippen LogP contribution in [0.1, 0.15) is 44.9 Å². The van der Waals surface area contributed by atoms with E-state index >= 15 is 0 Å². The number of hydrogen-bond donors (Lipinski definition) is 1. The largest absolute Gasteiger partial charge is 0.353 e. The molecule has 0 aliphatic carbocycles. The third-order valence-corrected chi connectivity index (χ3v) is 4.24. The van der Waals surface area contributed by atoms with Crippen LogP contribution in [0.15, 0.2) is 4.52 Å². The topological polar surface area (TPSA) is 74.5 Å². The maximum absolute atomic E-state index is 11.9. The Morgan fingerprint density at radius 2 is 2.00 bits per heavy atom. The minimum Gasteiger partial charge on any atom is -0.353 e.